The maximum atomic E-state index is 9.94. The summed E-state index contributed by atoms with van der Waals surface area (Å²) in [6, 6.07) is 0. The highest BCUT2D eigenvalue weighted by atomic mass is 28.3. The van der Waals surface area contributed by atoms with Gasteiger partial charge in [0.05, 0.1) is 14.2 Å². The van der Waals surface area contributed by atoms with Crippen LogP contribution in [0.25, 0.3) is 0 Å². The molecule has 0 aromatic rings. The van der Waals surface area contributed by atoms with E-state index in [9.17, 15) is 5.11 Å². The van der Waals surface area contributed by atoms with E-state index in [4.69, 9.17) is 0 Å². The number of hydrogen-bond acceptors (Lipinski definition) is 1. The monoisotopic (exact) mass is 210 g/mol. The predicted molar refractivity (Wildman–Crippen MR) is 62.9 cm³/mol. The molecule has 2 aliphatic carbocycles. The molecule has 0 radical (unpaired) electrons. The van der Waals surface area contributed by atoms with Crippen molar-refractivity contribution in [1.82, 2.24) is 0 Å². The summed E-state index contributed by atoms with van der Waals surface area (Å²) in [4.78, 5) is 0. The molecule has 3 atom stereocenters. The molecule has 0 aliphatic heterocycles. The Morgan fingerprint density at radius 3 is 2.57 bits per heavy atom. The molecule has 0 spiro atoms. The van der Waals surface area contributed by atoms with E-state index >= 15 is 0 Å². The number of rotatable bonds is 1. The Morgan fingerprint density at radius 2 is 1.93 bits per heavy atom. The normalized spacial score (nSPS) is 40.6. The molecule has 80 valence electrons. The molecule has 0 saturated heterocycles. The van der Waals surface area contributed by atoms with Gasteiger partial charge in [-0.25, -0.2) is 0 Å². The van der Waals surface area contributed by atoms with Crippen molar-refractivity contribution in [2.45, 2.75) is 51.4 Å². The van der Waals surface area contributed by atoms with E-state index in [0.717, 1.165) is 12.3 Å². The summed E-state index contributed by atoms with van der Waals surface area (Å²) < 4.78 is 0. The van der Waals surface area contributed by atoms with Crippen LogP contribution >= 0.6 is 0 Å². The van der Waals surface area contributed by atoms with E-state index in [1.54, 1.807) is 5.57 Å². The molecule has 0 amide bonds. The number of aliphatic hydroxyl groups excluding tert-OH is 1. The van der Waals surface area contributed by atoms with E-state index in [1.807, 2.05) is 0 Å². The largest absolute Gasteiger partial charge is 0.392 e. The van der Waals surface area contributed by atoms with Crippen molar-refractivity contribution >= 4 is 8.07 Å². The van der Waals surface area contributed by atoms with Crippen molar-refractivity contribution < 1.29 is 5.11 Å². The molecular formula is C12H22OSi. The molecule has 0 unspecified atom stereocenters. The lowest BCUT2D eigenvalue weighted by Gasteiger charge is -2.19. The molecule has 0 aromatic heterocycles. The van der Waals surface area contributed by atoms with Crippen LogP contribution < -0.4 is 0 Å². The first-order valence-electron chi connectivity index (χ1n) is 5.87. The Labute approximate surface area is 88.2 Å². The second kappa shape index (κ2) is 3.49. The lowest BCUT2D eigenvalue weighted by atomic mass is 9.96. The second-order valence-corrected chi connectivity index (χ2v) is 11.1. The lowest BCUT2D eigenvalue weighted by molar-refractivity contribution is 0.143. The average molecular weight is 210 g/mol. The van der Waals surface area contributed by atoms with Gasteiger partial charge in [-0.1, -0.05) is 30.9 Å². The fraction of sp³-hybridized carbons (Fsp3) is 0.833. The minimum atomic E-state index is -1.08. The Kier molecular flexibility index (Phi) is 2.60. The third kappa shape index (κ3) is 1.96. The van der Waals surface area contributed by atoms with E-state index in [-0.39, 0.29) is 6.10 Å². The van der Waals surface area contributed by atoms with Crippen LogP contribution in [0.3, 0.4) is 0 Å². The van der Waals surface area contributed by atoms with Gasteiger partial charge in [0.1, 0.15) is 0 Å². The van der Waals surface area contributed by atoms with Crippen LogP contribution in [0.1, 0.15) is 25.7 Å². The van der Waals surface area contributed by atoms with E-state index in [2.05, 4.69) is 25.3 Å². The summed E-state index contributed by atoms with van der Waals surface area (Å²) in [6.45, 7) is 7.15. The van der Waals surface area contributed by atoms with Crippen molar-refractivity contribution in [2.24, 2.45) is 11.8 Å². The Balaban J connectivity index is 2.18. The topological polar surface area (TPSA) is 20.2 Å². The molecular weight excluding hydrogens is 188 g/mol. The van der Waals surface area contributed by atoms with E-state index in [1.165, 1.54) is 19.3 Å². The maximum absolute atomic E-state index is 9.94. The van der Waals surface area contributed by atoms with Gasteiger partial charge in [-0.2, -0.15) is 0 Å². The Bertz CT molecular complexity index is 252. The summed E-state index contributed by atoms with van der Waals surface area (Å²) in [6.07, 6.45) is 4.87. The maximum Gasteiger partial charge on any atom is 0.0686 e. The van der Waals surface area contributed by atoms with Crippen molar-refractivity contribution in [3.63, 3.8) is 0 Å². The molecule has 1 N–H and O–H groups in total. The smallest absolute Gasteiger partial charge is 0.0686 e. The van der Waals surface area contributed by atoms with Gasteiger partial charge >= 0.3 is 0 Å². The molecule has 14 heavy (non-hydrogen) atoms. The predicted octanol–water partition coefficient (Wildman–Crippen LogP) is 2.97. The van der Waals surface area contributed by atoms with Crippen LogP contribution in [0.15, 0.2) is 11.3 Å². The molecule has 1 nitrogen and oxygen atoms in total. The van der Waals surface area contributed by atoms with Crippen LogP contribution in [-0.2, 0) is 0 Å². The zero-order valence-corrected chi connectivity index (χ0v) is 10.6. The number of hydrogen-bond donors (Lipinski definition) is 1. The average Bonchev–Trinajstić information content (AvgIpc) is 2.54. The fourth-order valence-electron chi connectivity index (χ4n) is 3.18. The van der Waals surface area contributed by atoms with E-state index in [0.29, 0.717) is 5.92 Å². The van der Waals surface area contributed by atoms with Gasteiger partial charge in [-0.05, 0) is 31.6 Å². The van der Waals surface area contributed by atoms with Crippen molar-refractivity contribution in [3.8, 4) is 0 Å². The summed E-state index contributed by atoms with van der Waals surface area (Å²) in [5, 5.41) is 9.94. The fourth-order valence-corrected chi connectivity index (χ4v) is 4.62. The van der Waals surface area contributed by atoms with Gasteiger partial charge in [-0.3, -0.25) is 0 Å². The minimum absolute atomic E-state index is 0.0231. The van der Waals surface area contributed by atoms with Crippen molar-refractivity contribution in [3.05, 3.63) is 11.3 Å². The zero-order chi connectivity index (χ0) is 10.3. The first-order chi connectivity index (χ1) is 6.47. The third-order valence-corrected chi connectivity index (χ3v) is 4.84. The highest BCUT2D eigenvalue weighted by Gasteiger charge is 2.41. The van der Waals surface area contributed by atoms with Gasteiger partial charge in [0.15, 0.2) is 0 Å². The third-order valence-electron chi connectivity index (χ3n) is 3.61. The lowest BCUT2D eigenvalue weighted by Crippen LogP contribution is -2.21. The number of aliphatic hydroxyl groups is 1. The van der Waals surface area contributed by atoms with Gasteiger partial charge < -0.3 is 5.11 Å². The van der Waals surface area contributed by atoms with Crippen LogP contribution in [-0.4, -0.2) is 19.3 Å². The first-order valence-corrected chi connectivity index (χ1v) is 9.45. The van der Waals surface area contributed by atoms with Crippen molar-refractivity contribution in [2.75, 3.05) is 0 Å². The Hall–Kier alpha value is -0.0831. The van der Waals surface area contributed by atoms with E-state index < -0.39 is 8.07 Å². The molecule has 0 heterocycles. The zero-order valence-electron chi connectivity index (χ0n) is 9.59. The van der Waals surface area contributed by atoms with Crippen LogP contribution in [0.5, 0.6) is 0 Å². The van der Waals surface area contributed by atoms with Crippen LogP contribution in [0, 0.1) is 11.8 Å². The van der Waals surface area contributed by atoms with Crippen molar-refractivity contribution in [1.29, 1.82) is 0 Å². The molecule has 0 aromatic carbocycles. The quantitative estimate of drug-likeness (QED) is 0.660. The first kappa shape index (κ1) is 10.4. The summed E-state index contributed by atoms with van der Waals surface area (Å²) >= 11 is 0. The van der Waals surface area contributed by atoms with Crippen LogP contribution in [0.2, 0.25) is 19.6 Å². The SMILES string of the molecule is C[Si](C)(C)/C=C1/CC[C@H]2CC[C@@H](O)[C@@H]12. The van der Waals surface area contributed by atoms with Gasteiger partial charge in [-0.15, -0.1) is 0 Å². The molecule has 2 fully saturated rings. The molecule has 0 bridgehead atoms. The highest BCUT2D eigenvalue weighted by Crippen LogP contribution is 2.47. The molecule has 2 saturated carbocycles. The molecule has 2 heteroatoms. The Morgan fingerprint density at radius 1 is 1.21 bits per heavy atom. The number of fused-ring (bicyclic) bond motifs is 1. The minimum Gasteiger partial charge on any atom is -0.392 e. The van der Waals surface area contributed by atoms with Gasteiger partial charge in [0, 0.05) is 5.92 Å². The summed E-state index contributed by atoms with van der Waals surface area (Å²) in [7, 11) is -1.08. The molecule has 2 aliphatic rings. The van der Waals surface area contributed by atoms with Crippen LogP contribution in [0.4, 0.5) is 0 Å². The summed E-state index contributed by atoms with van der Waals surface area (Å²) in [5.74, 6) is 1.36. The second-order valence-electron chi connectivity index (χ2n) is 6.05. The molecule has 2 rings (SSSR count). The highest BCUT2D eigenvalue weighted by molar-refractivity contribution is 6.81. The standard InChI is InChI=1S/C12H22OSi/c1-14(2,3)8-10-5-4-9-6-7-11(13)12(9)10/h8-9,11-13H,4-7H2,1-3H3/b10-8-/t9-,11+,12+/m0/s1. The van der Waals surface area contributed by atoms with Gasteiger partial charge in [0.25, 0.3) is 0 Å². The summed E-state index contributed by atoms with van der Waals surface area (Å²) in [5.41, 5.74) is 4.13. The van der Waals surface area contributed by atoms with Gasteiger partial charge in [0.2, 0.25) is 0 Å².